The topological polar surface area (TPSA) is 105 Å². The molecule has 7 heteroatoms. The average molecular weight is 473 g/mol. The zero-order valence-electron chi connectivity index (χ0n) is 19.5. The van der Waals surface area contributed by atoms with Crippen molar-refractivity contribution in [1.29, 1.82) is 0 Å². The number of hydrogen-bond acceptors (Lipinski definition) is 4. The Balaban J connectivity index is 1.35. The largest absolute Gasteiger partial charge is 0.481 e. The van der Waals surface area contributed by atoms with Crippen LogP contribution in [0, 0.1) is 0 Å². The van der Waals surface area contributed by atoms with E-state index in [2.05, 4.69) is 22.8 Å². The fraction of sp³-hybridized carbons (Fsp3) is 0.250. The number of aliphatic carboxylic acids is 1. The normalized spacial score (nSPS) is 12.8. The Kier molecular flexibility index (Phi) is 7.45. The van der Waals surface area contributed by atoms with Crippen LogP contribution in [-0.2, 0) is 20.7 Å². The highest BCUT2D eigenvalue weighted by Gasteiger charge is 2.29. The van der Waals surface area contributed by atoms with Crippen molar-refractivity contribution in [2.75, 3.05) is 11.9 Å². The first-order chi connectivity index (χ1) is 17.0. The second-order valence-electron chi connectivity index (χ2n) is 8.51. The van der Waals surface area contributed by atoms with Crippen LogP contribution in [0.4, 0.5) is 10.5 Å². The van der Waals surface area contributed by atoms with Crippen molar-refractivity contribution in [3.8, 4) is 11.1 Å². The molecule has 180 valence electrons. The van der Waals surface area contributed by atoms with Gasteiger partial charge in [-0.05, 0) is 52.8 Å². The number of carbonyl (C=O) groups is 3. The maximum atomic E-state index is 12.8. The number of rotatable bonds is 9. The number of aryl methyl sites for hydroxylation is 1. The molecule has 3 aromatic rings. The first-order valence-electron chi connectivity index (χ1n) is 11.7. The molecule has 0 fully saturated rings. The molecule has 0 radical (unpaired) electrons. The summed E-state index contributed by atoms with van der Waals surface area (Å²) in [7, 11) is 0. The van der Waals surface area contributed by atoms with Crippen LogP contribution in [0.5, 0.6) is 0 Å². The van der Waals surface area contributed by atoms with Crippen molar-refractivity contribution in [2.45, 2.75) is 38.1 Å². The molecule has 0 aromatic heterocycles. The minimum absolute atomic E-state index is 0.0122. The van der Waals surface area contributed by atoms with Crippen LogP contribution in [0.25, 0.3) is 11.1 Å². The molecule has 2 amide bonds. The Hall–Kier alpha value is -4.13. The predicted octanol–water partition coefficient (Wildman–Crippen LogP) is 4.96. The molecule has 1 aliphatic carbocycles. The number of carboxylic acids is 1. The lowest BCUT2D eigenvalue weighted by atomic mass is 9.98. The van der Waals surface area contributed by atoms with Gasteiger partial charge in [0.15, 0.2) is 0 Å². The number of carboxylic acid groups (broad SMARTS) is 1. The number of nitrogens with one attached hydrogen (secondary N) is 2. The number of alkyl carbamates (subject to hydrolysis) is 1. The monoisotopic (exact) mass is 472 g/mol. The molecule has 3 aromatic carbocycles. The summed E-state index contributed by atoms with van der Waals surface area (Å²) in [5.74, 6) is -1.30. The van der Waals surface area contributed by atoms with E-state index in [1.807, 2.05) is 42.5 Å². The number of hydrogen-bond donors (Lipinski definition) is 3. The zero-order chi connectivity index (χ0) is 24.8. The van der Waals surface area contributed by atoms with Crippen LogP contribution in [0.15, 0.2) is 72.8 Å². The maximum Gasteiger partial charge on any atom is 0.407 e. The number of anilines is 1. The standard InChI is InChI=1S/C28H28N2O5/c1-2-25(27(33)29-19-9-7-8-18(16-19)14-15-26(31)32)30-28(34)35-17-24-22-12-5-3-10-20(22)21-11-4-6-13-23(21)24/h3-13,16,24-25H,2,14-15,17H2,1H3,(H,29,33)(H,30,34)(H,31,32)/t25-/m1/s1. The molecule has 0 bridgehead atoms. The van der Waals surface area contributed by atoms with Crippen molar-refractivity contribution < 1.29 is 24.2 Å². The van der Waals surface area contributed by atoms with Gasteiger partial charge in [0.2, 0.25) is 5.91 Å². The van der Waals surface area contributed by atoms with Crippen molar-refractivity contribution >= 4 is 23.7 Å². The zero-order valence-corrected chi connectivity index (χ0v) is 19.5. The highest BCUT2D eigenvalue weighted by atomic mass is 16.5. The minimum Gasteiger partial charge on any atom is -0.481 e. The highest BCUT2D eigenvalue weighted by molar-refractivity contribution is 5.96. The Labute approximate surface area is 204 Å². The minimum atomic E-state index is -0.877. The van der Waals surface area contributed by atoms with Gasteiger partial charge >= 0.3 is 12.1 Å². The van der Waals surface area contributed by atoms with Crippen molar-refractivity contribution in [3.05, 3.63) is 89.5 Å². The quantitative estimate of drug-likeness (QED) is 0.408. The Morgan fingerprint density at radius 1 is 0.943 bits per heavy atom. The second kappa shape index (κ2) is 10.9. The lowest BCUT2D eigenvalue weighted by Crippen LogP contribution is -2.43. The van der Waals surface area contributed by atoms with E-state index in [0.717, 1.165) is 27.8 Å². The number of amides is 2. The van der Waals surface area contributed by atoms with Gasteiger partial charge in [-0.2, -0.15) is 0 Å². The molecule has 0 heterocycles. The van der Waals surface area contributed by atoms with Gasteiger partial charge in [-0.1, -0.05) is 67.6 Å². The summed E-state index contributed by atoms with van der Waals surface area (Å²) in [5.41, 5.74) is 5.89. The van der Waals surface area contributed by atoms with E-state index >= 15 is 0 Å². The van der Waals surface area contributed by atoms with E-state index in [1.54, 1.807) is 25.1 Å². The van der Waals surface area contributed by atoms with Crippen molar-refractivity contribution in [2.24, 2.45) is 0 Å². The molecular formula is C28H28N2O5. The third-order valence-corrected chi connectivity index (χ3v) is 6.18. The van der Waals surface area contributed by atoms with Crippen LogP contribution in [-0.4, -0.2) is 35.7 Å². The van der Waals surface area contributed by atoms with Gasteiger partial charge in [-0.15, -0.1) is 0 Å². The van der Waals surface area contributed by atoms with Crippen LogP contribution in [0.2, 0.25) is 0 Å². The maximum absolute atomic E-state index is 12.8. The Morgan fingerprint density at radius 3 is 2.23 bits per heavy atom. The van der Waals surface area contributed by atoms with Crippen LogP contribution < -0.4 is 10.6 Å². The molecule has 1 atom stereocenters. The summed E-state index contributed by atoms with van der Waals surface area (Å²) in [4.78, 5) is 36.2. The van der Waals surface area contributed by atoms with E-state index in [-0.39, 0.29) is 24.9 Å². The van der Waals surface area contributed by atoms with Crippen molar-refractivity contribution in [3.63, 3.8) is 0 Å². The third-order valence-electron chi connectivity index (χ3n) is 6.18. The summed E-state index contributed by atoms with van der Waals surface area (Å²) in [5, 5.41) is 14.3. The van der Waals surface area contributed by atoms with Gasteiger partial charge in [0, 0.05) is 18.0 Å². The lowest BCUT2D eigenvalue weighted by molar-refractivity contribution is -0.137. The van der Waals surface area contributed by atoms with Crippen LogP contribution >= 0.6 is 0 Å². The molecule has 0 unspecified atom stereocenters. The van der Waals surface area contributed by atoms with Gasteiger partial charge in [0.05, 0.1) is 0 Å². The Bertz CT molecular complexity index is 1190. The van der Waals surface area contributed by atoms with Gasteiger partial charge in [-0.25, -0.2) is 4.79 Å². The summed E-state index contributed by atoms with van der Waals surface area (Å²) >= 11 is 0. The van der Waals surface area contributed by atoms with Gasteiger partial charge in [-0.3, -0.25) is 9.59 Å². The number of benzene rings is 3. The molecule has 7 nitrogen and oxygen atoms in total. The summed E-state index contributed by atoms with van der Waals surface area (Å²) in [6, 6.07) is 22.5. The number of fused-ring (bicyclic) bond motifs is 3. The van der Waals surface area contributed by atoms with Gasteiger partial charge in [0.25, 0.3) is 0 Å². The smallest absolute Gasteiger partial charge is 0.407 e. The number of ether oxygens (including phenoxy) is 1. The summed E-state index contributed by atoms with van der Waals surface area (Å²) in [6.45, 7) is 1.97. The molecule has 0 aliphatic heterocycles. The second-order valence-corrected chi connectivity index (χ2v) is 8.51. The van der Waals surface area contributed by atoms with Crippen LogP contribution in [0.3, 0.4) is 0 Å². The van der Waals surface area contributed by atoms with Crippen molar-refractivity contribution in [1.82, 2.24) is 5.32 Å². The predicted molar refractivity (Wildman–Crippen MR) is 133 cm³/mol. The summed E-state index contributed by atoms with van der Waals surface area (Å²) < 4.78 is 5.56. The number of carbonyl (C=O) groups excluding carboxylic acids is 2. The van der Waals surface area contributed by atoms with E-state index < -0.39 is 18.1 Å². The fourth-order valence-corrected chi connectivity index (χ4v) is 4.42. The molecule has 3 N–H and O–H groups in total. The third kappa shape index (κ3) is 5.69. The molecule has 1 aliphatic rings. The average Bonchev–Trinajstić information content (AvgIpc) is 3.18. The van der Waals surface area contributed by atoms with E-state index in [4.69, 9.17) is 9.84 Å². The van der Waals surface area contributed by atoms with E-state index in [1.165, 1.54) is 0 Å². The van der Waals surface area contributed by atoms with Gasteiger partial charge < -0.3 is 20.5 Å². The van der Waals surface area contributed by atoms with Crippen LogP contribution in [0.1, 0.15) is 42.4 Å². The molecule has 35 heavy (non-hydrogen) atoms. The molecule has 0 spiro atoms. The Morgan fingerprint density at radius 2 is 1.60 bits per heavy atom. The lowest BCUT2D eigenvalue weighted by Gasteiger charge is -2.19. The molecule has 4 rings (SSSR count). The molecule has 0 saturated carbocycles. The fourth-order valence-electron chi connectivity index (χ4n) is 4.42. The molecular weight excluding hydrogens is 444 g/mol. The molecule has 0 saturated heterocycles. The first kappa shape index (κ1) is 24.0. The van der Waals surface area contributed by atoms with E-state index in [0.29, 0.717) is 18.5 Å². The SMILES string of the molecule is CC[C@@H](NC(=O)OCC1c2ccccc2-c2ccccc21)C(=O)Nc1cccc(CCC(=O)O)c1. The first-order valence-corrected chi connectivity index (χ1v) is 11.7. The highest BCUT2D eigenvalue weighted by Crippen LogP contribution is 2.44. The van der Waals surface area contributed by atoms with E-state index in [9.17, 15) is 14.4 Å². The summed E-state index contributed by atoms with van der Waals surface area (Å²) in [6.07, 6.45) is 0.116. The van der Waals surface area contributed by atoms with Gasteiger partial charge in [0.1, 0.15) is 12.6 Å².